The van der Waals surface area contributed by atoms with E-state index >= 15 is 0 Å². The van der Waals surface area contributed by atoms with Gasteiger partial charge in [0.1, 0.15) is 0 Å². The predicted molar refractivity (Wildman–Crippen MR) is 104 cm³/mol. The van der Waals surface area contributed by atoms with Crippen LogP contribution < -0.4 is 5.73 Å². The summed E-state index contributed by atoms with van der Waals surface area (Å²) in [6, 6.07) is 0.178. The summed E-state index contributed by atoms with van der Waals surface area (Å²) >= 11 is 0. The van der Waals surface area contributed by atoms with Gasteiger partial charge in [0.25, 0.3) is 0 Å². The Morgan fingerprint density at radius 1 is 0.960 bits per heavy atom. The highest BCUT2D eigenvalue weighted by Crippen LogP contribution is 2.69. The molecule has 9 atom stereocenters. The summed E-state index contributed by atoms with van der Waals surface area (Å²) in [7, 11) is 0. The first-order chi connectivity index (χ1) is 11.2. The Morgan fingerprint density at radius 3 is 2.36 bits per heavy atom. The van der Waals surface area contributed by atoms with Crippen molar-refractivity contribution < 1.29 is 10.2 Å². The first-order valence-corrected chi connectivity index (χ1v) is 10.4. The zero-order valence-corrected chi connectivity index (χ0v) is 17.0. The minimum atomic E-state index is -0.516. The molecule has 0 bridgehead atoms. The summed E-state index contributed by atoms with van der Waals surface area (Å²) < 4.78 is 0. The molecule has 0 saturated heterocycles. The van der Waals surface area contributed by atoms with Crippen molar-refractivity contribution in [3.63, 3.8) is 0 Å². The van der Waals surface area contributed by atoms with Gasteiger partial charge < -0.3 is 15.9 Å². The maximum atomic E-state index is 11.9. The first-order valence-electron chi connectivity index (χ1n) is 10.4. The largest absolute Gasteiger partial charge is 0.393 e. The SMILES string of the molecule is C[C@H](N)[C@H]1CC[C@]2(O)[C@@H]3CC[C@@H]4C[C@@H](O)CC[C@]4(C)[C@H]3CC[C@]12C.Cl. The summed E-state index contributed by atoms with van der Waals surface area (Å²) in [6.07, 6.45) is 9.73. The Balaban J connectivity index is 0.00000182. The third-order valence-electron chi connectivity index (χ3n) is 9.53. The number of halogens is 1. The summed E-state index contributed by atoms with van der Waals surface area (Å²) in [4.78, 5) is 0. The molecule has 0 heterocycles. The van der Waals surface area contributed by atoms with E-state index in [-0.39, 0.29) is 30.0 Å². The summed E-state index contributed by atoms with van der Waals surface area (Å²) in [6.45, 7) is 6.95. The van der Waals surface area contributed by atoms with Crippen LogP contribution in [0.5, 0.6) is 0 Å². The minimum Gasteiger partial charge on any atom is -0.393 e. The molecule has 0 aromatic carbocycles. The molecule has 0 unspecified atom stereocenters. The lowest BCUT2D eigenvalue weighted by Gasteiger charge is -2.63. The fourth-order valence-electron chi connectivity index (χ4n) is 8.09. The summed E-state index contributed by atoms with van der Waals surface area (Å²) in [5, 5.41) is 22.1. The molecule has 25 heavy (non-hydrogen) atoms. The number of nitrogens with two attached hydrogens (primary N) is 1. The van der Waals surface area contributed by atoms with E-state index in [1.807, 2.05) is 0 Å². The van der Waals surface area contributed by atoms with E-state index in [4.69, 9.17) is 5.73 Å². The summed E-state index contributed by atoms with van der Waals surface area (Å²) in [5.74, 6) is 2.19. The molecule has 4 N–H and O–H groups in total. The predicted octanol–water partition coefficient (Wildman–Crippen LogP) is 3.89. The molecule has 0 spiro atoms. The average Bonchev–Trinajstić information content (AvgIpc) is 2.80. The Hall–Kier alpha value is 0.170. The van der Waals surface area contributed by atoms with Crippen molar-refractivity contribution in [2.75, 3.05) is 0 Å². The molecule has 0 aliphatic heterocycles. The Bertz CT molecular complexity index is 514. The van der Waals surface area contributed by atoms with Crippen LogP contribution in [0.15, 0.2) is 0 Å². The van der Waals surface area contributed by atoms with Crippen LogP contribution in [0.25, 0.3) is 0 Å². The van der Waals surface area contributed by atoms with E-state index < -0.39 is 5.60 Å². The quantitative estimate of drug-likeness (QED) is 0.655. The lowest BCUT2D eigenvalue weighted by Crippen LogP contribution is -2.63. The van der Waals surface area contributed by atoms with Crippen molar-refractivity contribution in [2.45, 2.75) is 96.3 Å². The highest BCUT2D eigenvalue weighted by molar-refractivity contribution is 5.85. The smallest absolute Gasteiger partial charge is 0.0735 e. The number of fused-ring (bicyclic) bond motifs is 5. The van der Waals surface area contributed by atoms with Crippen LogP contribution in [0.1, 0.15) is 78.6 Å². The van der Waals surface area contributed by atoms with Crippen molar-refractivity contribution in [3.8, 4) is 0 Å². The second kappa shape index (κ2) is 6.36. The molecule has 4 aliphatic carbocycles. The van der Waals surface area contributed by atoms with E-state index in [1.54, 1.807) is 0 Å². The molecule has 4 aliphatic rings. The number of aliphatic hydroxyl groups is 2. The molecule has 146 valence electrons. The fraction of sp³-hybridized carbons (Fsp3) is 1.00. The molecule has 0 aromatic heterocycles. The van der Waals surface area contributed by atoms with E-state index in [9.17, 15) is 10.2 Å². The monoisotopic (exact) mass is 371 g/mol. The van der Waals surface area contributed by atoms with Crippen LogP contribution in [-0.4, -0.2) is 28.0 Å². The molecule has 4 fully saturated rings. The van der Waals surface area contributed by atoms with Crippen LogP contribution in [-0.2, 0) is 0 Å². The lowest BCUT2D eigenvalue weighted by molar-refractivity contribution is -0.211. The van der Waals surface area contributed by atoms with Crippen molar-refractivity contribution in [1.82, 2.24) is 0 Å². The lowest BCUT2D eigenvalue weighted by atomic mass is 9.43. The fourth-order valence-corrected chi connectivity index (χ4v) is 8.09. The van der Waals surface area contributed by atoms with Crippen molar-refractivity contribution in [2.24, 2.45) is 40.2 Å². The van der Waals surface area contributed by atoms with Crippen LogP contribution in [0.3, 0.4) is 0 Å². The molecular formula is C21H38ClNO2. The number of rotatable bonds is 1. The summed E-state index contributed by atoms with van der Waals surface area (Å²) in [5.41, 5.74) is 6.13. The second-order valence-corrected chi connectivity index (χ2v) is 10.3. The Morgan fingerprint density at radius 2 is 1.68 bits per heavy atom. The van der Waals surface area contributed by atoms with Gasteiger partial charge in [-0.3, -0.25) is 0 Å². The topological polar surface area (TPSA) is 66.5 Å². The molecule has 3 nitrogen and oxygen atoms in total. The first kappa shape index (κ1) is 19.9. The molecule has 4 heteroatoms. The molecular weight excluding hydrogens is 334 g/mol. The normalized spacial score (nSPS) is 56.2. The van der Waals surface area contributed by atoms with E-state index in [0.717, 1.165) is 44.9 Å². The van der Waals surface area contributed by atoms with Gasteiger partial charge in [0.15, 0.2) is 0 Å². The van der Waals surface area contributed by atoms with Gasteiger partial charge in [0.2, 0.25) is 0 Å². The van der Waals surface area contributed by atoms with Crippen LogP contribution in [0.4, 0.5) is 0 Å². The Labute approximate surface area is 159 Å². The van der Waals surface area contributed by atoms with Crippen LogP contribution >= 0.6 is 12.4 Å². The third-order valence-corrected chi connectivity index (χ3v) is 9.53. The number of hydrogen-bond donors (Lipinski definition) is 3. The molecule has 0 radical (unpaired) electrons. The van der Waals surface area contributed by atoms with Crippen LogP contribution in [0.2, 0.25) is 0 Å². The second-order valence-electron chi connectivity index (χ2n) is 10.3. The zero-order chi connectivity index (χ0) is 17.3. The maximum Gasteiger partial charge on any atom is 0.0735 e. The minimum absolute atomic E-state index is 0. The maximum absolute atomic E-state index is 11.9. The van der Waals surface area contributed by atoms with Gasteiger partial charge in [-0.2, -0.15) is 0 Å². The molecule has 0 amide bonds. The highest BCUT2D eigenvalue weighted by atomic mass is 35.5. The molecule has 4 rings (SSSR count). The zero-order valence-electron chi connectivity index (χ0n) is 16.2. The van der Waals surface area contributed by atoms with E-state index in [2.05, 4.69) is 20.8 Å². The van der Waals surface area contributed by atoms with Crippen molar-refractivity contribution in [1.29, 1.82) is 0 Å². The van der Waals surface area contributed by atoms with Gasteiger partial charge in [-0.15, -0.1) is 12.4 Å². The van der Waals surface area contributed by atoms with Gasteiger partial charge in [0.05, 0.1) is 11.7 Å². The average molecular weight is 372 g/mol. The number of aliphatic hydroxyl groups excluding tert-OH is 1. The van der Waals surface area contributed by atoms with Gasteiger partial charge in [-0.25, -0.2) is 0 Å². The van der Waals surface area contributed by atoms with Gasteiger partial charge in [-0.05, 0) is 93.8 Å². The third kappa shape index (κ3) is 2.56. The standard InChI is InChI=1S/C21H37NO2.ClH/c1-13(22)16-8-11-21(24)18-5-4-14-12-15(23)6-9-19(14,2)17(18)7-10-20(16,21)3;/h13-18,23-24H,4-12,22H2,1-3H3;1H/t13-,14+,15-,16+,17-,18+,19-,20+,21-;/m0./s1. The van der Waals surface area contributed by atoms with Gasteiger partial charge >= 0.3 is 0 Å². The van der Waals surface area contributed by atoms with E-state index in [1.165, 1.54) is 12.8 Å². The van der Waals surface area contributed by atoms with Crippen molar-refractivity contribution in [3.05, 3.63) is 0 Å². The molecule has 4 saturated carbocycles. The van der Waals surface area contributed by atoms with Gasteiger partial charge in [0, 0.05) is 11.5 Å². The number of hydrogen-bond acceptors (Lipinski definition) is 3. The Kier molecular flexibility index (Phi) is 5.07. The van der Waals surface area contributed by atoms with Gasteiger partial charge in [-0.1, -0.05) is 13.8 Å². The van der Waals surface area contributed by atoms with Crippen LogP contribution in [0, 0.1) is 34.5 Å². The highest BCUT2D eigenvalue weighted by Gasteiger charge is 2.67. The molecule has 0 aromatic rings. The van der Waals surface area contributed by atoms with E-state index in [0.29, 0.717) is 29.1 Å². The van der Waals surface area contributed by atoms with Crippen molar-refractivity contribution >= 4 is 12.4 Å².